The smallest absolute Gasteiger partial charge is 0.251 e. The van der Waals surface area contributed by atoms with Gasteiger partial charge in [0.25, 0.3) is 5.91 Å². The Balaban J connectivity index is 1.58. The summed E-state index contributed by atoms with van der Waals surface area (Å²) in [6, 6.07) is 14.6. The van der Waals surface area contributed by atoms with Crippen molar-refractivity contribution in [2.75, 3.05) is 11.1 Å². The summed E-state index contributed by atoms with van der Waals surface area (Å²) in [5.74, 6) is -0.203. The SMILES string of the molecule is Nc1ccc(CC(=O)Nc2cccc(C(=O)NC3CCCCC3)c2)cc1. The van der Waals surface area contributed by atoms with E-state index in [0.29, 0.717) is 16.9 Å². The van der Waals surface area contributed by atoms with E-state index >= 15 is 0 Å². The molecule has 0 radical (unpaired) electrons. The molecule has 4 N–H and O–H groups in total. The molecule has 26 heavy (non-hydrogen) atoms. The van der Waals surface area contributed by atoms with Crippen LogP contribution in [-0.2, 0) is 11.2 Å². The summed E-state index contributed by atoms with van der Waals surface area (Å²) in [5, 5.41) is 5.95. The van der Waals surface area contributed by atoms with Crippen LogP contribution in [0.3, 0.4) is 0 Å². The Morgan fingerprint density at radius 1 is 1.00 bits per heavy atom. The predicted octanol–water partition coefficient (Wildman–Crippen LogP) is 3.51. The number of carbonyl (C=O) groups excluding carboxylic acids is 2. The van der Waals surface area contributed by atoms with Crippen LogP contribution < -0.4 is 16.4 Å². The second kappa shape index (κ2) is 8.52. The lowest BCUT2D eigenvalue weighted by atomic mass is 9.95. The molecule has 1 aliphatic rings. The zero-order valence-electron chi connectivity index (χ0n) is 14.8. The van der Waals surface area contributed by atoms with Crippen molar-refractivity contribution in [3.63, 3.8) is 0 Å². The van der Waals surface area contributed by atoms with Gasteiger partial charge in [0.05, 0.1) is 6.42 Å². The van der Waals surface area contributed by atoms with E-state index in [1.807, 2.05) is 12.1 Å². The molecule has 0 atom stereocenters. The summed E-state index contributed by atoms with van der Waals surface area (Å²) in [7, 11) is 0. The van der Waals surface area contributed by atoms with E-state index in [-0.39, 0.29) is 24.3 Å². The lowest BCUT2D eigenvalue weighted by Gasteiger charge is -2.22. The molecular formula is C21H25N3O2. The lowest BCUT2D eigenvalue weighted by molar-refractivity contribution is -0.115. The van der Waals surface area contributed by atoms with Crippen LogP contribution in [0.2, 0.25) is 0 Å². The highest BCUT2D eigenvalue weighted by Gasteiger charge is 2.17. The van der Waals surface area contributed by atoms with Crippen molar-refractivity contribution in [1.82, 2.24) is 5.32 Å². The summed E-state index contributed by atoms with van der Waals surface area (Å²) in [6.07, 6.45) is 5.95. The van der Waals surface area contributed by atoms with Crippen LogP contribution in [0.4, 0.5) is 11.4 Å². The highest BCUT2D eigenvalue weighted by molar-refractivity contribution is 5.97. The Labute approximate surface area is 154 Å². The number of hydrogen-bond acceptors (Lipinski definition) is 3. The molecule has 0 aromatic heterocycles. The van der Waals surface area contributed by atoms with Crippen LogP contribution in [0, 0.1) is 0 Å². The molecule has 136 valence electrons. The molecule has 0 saturated heterocycles. The number of anilines is 2. The molecule has 2 amide bonds. The van der Waals surface area contributed by atoms with E-state index in [1.165, 1.54) is 19.3 Å². The van der Waals surface area contributed by atoms with Crippen molar-refractivity contribution in [3.05, 3.63) is 59.7 Å². The van der Waals surface area contributed by atoms with Gasteiger partial charge in [-0.15, -0.1) is 0 Å². The maximum Gasteiger partial charge on any atom is 0.251 e. The van der Waals surface area contributed by atoms with Gasteiger partial charge in [-0.1, -0.05) is 37.5 Å². The number of nitrogen functional groups attached to an aromatic ring is 1. The van der Waals surface area contributed by atoms with Crippen LogP contribution in [0.25, 0.3) is 0 Å². The number of carbonyl (C=O) groups is 2. The molecule has 0 spiro atoms. The van der Waals surface area contributed by atoms with Crippen LogP contribution in [0.5, 0.6) is 0 Å². The summed E-state index contributed by atoms with van der Waals surface area (Å²) in [6.45, 7) is 0. The Bertz CT molecular complexity index is 765. The van der Waals surface area contributed by atoms with Crippen molar-refractivity contribution in [2.45, 2.75) is 44.6 Å². The number of rotatable bonds is 5. The molecule has 1 saturated carbocycles. The third-order valence-corrected chi connectivity index (χ3v) is 4.69. The van der Waals surface area contributed by atoms with Crippen LogP contribution in [0.15, 0.2) is 48.5 Å². The maximum atomic E-state index is 12.4. The van der Waals surface area contributed by atoms with E-state index in [0.717, 1.165) is 18.4 Å². The van der Waals surface area contributed by atoms with Crippen molar-refractivity contribution in [1.29, 1.82) is 0 Å². The molecule has 1 fully saturated rings. The zero-order valence-corrected chi connectivity index (χ0v) is 14.8. The van der Waals surface area contributed by atoms with E-state index < -0.39 is 0 Å². The molecule has 0 heterocycles. The number of benzene rings is 2. The van der Waals surface area contributed by atoms with Crippen LogP contribution in [0.1, 0.15) is 48.0 Å². The summed E-state index contributed by atoms with van der Waals surface area (Å²) >= 11 is 0. The second-order valence-corrected chi connectivity index (χ2v) is 6.86. The van der Waals surface area contributed by atoms with Gasteiger partial charge in [-0.05, 0) is 48.7 Å². The molecule has 0 unspecified atom stereocenters. The normalized spacial score (nSPS) is 14.6. The fourth-order valence-electron chi connectivity index (χ4n) is 3.28. The fraction of sp³-hybridized carbons (Fsp3) is 0.333. The number of amides is 2. The Hall–Kier alpha value is -2.82. The third kappa shape index (κ3) is 5.09. The van der Waals surface area contributed by atoms with E-state index in [4.69, 9.17) is 5.73 Å². The minimum Gasteiger partial charge on any atom is -0.399 e. The first kappa shape index (κ1) is 18.0. The monoisotopic (exact) mass is 351 g/mol. The van der Waals surface area contributed by atoms with Gasteiger partial charge < -0.3 is 16.4 Å². The average molecular weight is 351 g/mol. The van der Waals surface area contributed by atoms with Crippen LogP contribution >= 0.6 is 0 Å². The largest absolute Gasteiger partial charge is 0.399 e. The Morgan fingerprint density at radius 3 is 2.46 bits per heavy atom. The highest BCUT2D eigenvalue weighted by Crippen LogP contribution is 2.18. The van der Waals surface area contributed by atoms with Crippen molar-refractivity contribution < 1.29 is 9.59 Å². The standard InChI is InChI=1S/C21H25N3O2/c22-17-11-9-15(10-12-17)13-20(25)23-19-8-4-5-16(14-19)21(26)24-18-6-2-1-3-7-18/h4-5,8-12,14,18H,1-3,6-7,13,22H2,(H,23,25)(H,24,26). The minimum absolute atomic E-state index is 0.0773. The molecule has 3 rings (SSSR count). The second-order valence-electron chi connectivity index (χ2n) is 6.86. The minimum atomic E-state index is -0.125. The van der Waals surface area contributed by atoms with Gasteiger partial charge in [0.15, 0.2) is 0 Å². The van der Waals surface area contributed by atoms with Crippen molar-refractivity contribution >= 4 is 23.2 Å². The number of hydrogen-bond donors (Lipinski definition) is 3. The maximum absolute atomic E-state index is 12.4. The molecule has 2 aromatic rings. The first-order valence-electron chi connectivity index (χ1n) is 9.15. The zero-order chi connectivity index (χ0) is 18.4. The molecule has 0 bridgehead atoms. The molecular weight excluding hydrogens is 326 g/mol. The third-order valence-electron chi connectivity index (χ3n) is 4.69. The Morgan fingerprint density at radius 2 is 1.73 bits per heavy atom. The molecule has 1 aliphatic carbocycles. The lowest BCUT2D eigenvalue weighted by Crippen LogP contribution is -2.36. The van der Waals surface area contributed by atoms with Gasteiger partial charge in [0, 0.05) is 23.0 Å². The fourth-order valence-corrected chi connectivity index (χ4v) is 3.28. The summed E-state index contributed by atoms with van der Waals surface area (Å²) < 4.78 is 0. The van der Waals surface area contributed by atoms with Gasteiger partial charge in [-0.25, -0.2) is 0 Å². The summed E-state index contributed by atoms with van der Waals surface area (Å²) in [4.78, 5) is 24.7. The average Bonchev–Trinajstić information content (AvgIpc) is 2.64. The summed E-state index contributed by atoms with van der Waals surface area (Å²) in [5.41, 5.74) is 8.42. The molecule has 5 heteroatoms. The van der Waals surface area contributed by atoms with Gasteiger partial charge in [0.2, 0.25) is 5.91 Å². The van der Waals surface area contributed by atoms with E-state index in [1.54, 1.807) is 36.4 Å². The van der Waals surface area contributed by atoms with Crippen molar-refractivity contribution in [2.24, 2.45) is 0 Å². The number of nitrogens with one attached hydrogen (secondary N) is 2. The molecule has 2 aromatic carbocycles. The highest BCUT2D eigenvalue weighted by atomic mass is 16.2. The first-order valence-corrected chi connectivity index (χ1v) is 9.15. The van der Waals surface area contributed by atoms with E-state index in [2.05, 4.69) is 10.6 Å². The topological polar surface area (TPSA) is 84.2 Å². The Kier molecular flexibility index (Phi) is 5.89. The van der Waals surface area contributed by atoms with E-state index in [9.17, 15) is 9.59 Å². The first-order chi connectivity index (χ1) is 12.6. The van der Waals surface area contributed by atoms with Gasteiger partial charge >= 0.3 is 0 Å². The predicted molar refractivity (Wildman–Crippen MR) is 104 cm³/mol. The van der Waals surface area contributed by atoms with Gasteiger partial charge in [0.1, 0.15) is 0 Å². The van der Waals surface area contributed by atoms with Gasteiger partial charge in [-0.3, -0.25) is 9.59 Å². The van der Waals surface area contributed by atoms with Gasteiger partial charge in [-0.2, -0.15) is 0 Å². The quantitative estimate of drug-likeness (QED) is 0.721. The molecule has 0 aliphatic heterocycles. The van der Waals surface area contributed by atoms with Crippen molar-refractivity contribution in [3.8, 4) is 0 Å². The molecule has 5 nitrogen and oxygen atoms in total. The van der Waals surface area contributed by atoms with Crippen LogP contribution in [-0.4, -0.2) is 17.9 Å². The number of nitrogens with two attached hydrogens (primary N) is 1.